The van der Waals surface area contributed by atoms with Crippen LogP contribution in [0.15, 0.2) is 71.6 Å². The van der Waals surface area contributed by atoms with Crippen molar-refractivity contribution >= 4 is 28.5 Å². The highest BCUT2D eigenvalue weighted by Crippen LogP contribution is 2.38. The minimum atomic E-state index is -0.717. The molecule has 2 atom stereocenters. The maximum Gasteiger partial charge on any atom is 0.320 e. The fourth-order valence-corrected chi connectivity index (χ4v) is 4.76. The molecule has 0 bridgehead atoms. The first-order chi connectivity index (χ1) is 13.7. The van der Waals surface area contributed by atoms with Crippen LogP contribution in [0.3, 0.4) is 0 Å². The molecule has 1 heterocycles. The van der Waals surface area contributed by atoms with Gasteiger partial charge in [0.15, 0.2) is 0 Å². The number of aliphatic carboxylic acids is 1. The third-order valence-corrected chi connectivity index (χ3v) is 6.45. The Morgan fingerprint density at radius 2 is 1.79 bits per heavy atom. The predicted molar refractivity (Wildman–Crippen MR) is 116 cm³/mol. The number of benzene rings is 3. The molecule has 4 rings (SSSR count). The summed E-state index contributed by atoms with van der Waals surface area (Å²) in [6.45, 7) is 0.801. The van der Waals surface area contributed by atoms with Crippen LogP contribution in [-0.2, 0) is 4.79 Å². The Morgan fingerprint density at radius 3 is 2.54 bits per heavy atom. The average molecular weight is 392 g/mol. The molecule has 0 spiro atoms. The molecule has 3 aromatic carbocycles. The van der Waals surface area contributed by atoms with Crippen molar-refractivity contribution in [2.75, 3.05) is 12.8 Å². The van der Waals surface area contributed by atoms with Gasteiger partial charge in [0.1, 0.15) is 6.04 Å². The van der Waals surface area contributed by atoms with Gasteiger partial charge in [-0.1, -0.05) is 61.0 Å². The van der Waals surface area contributed by atoms with Crippen molar-refractivity contribution in [1.82, 2.24) is 4.90 Å². The number of rotatable bonds is 5. The SMILES string of the molecule is CSc1ccc(C(c2cccc3ccccc23)N2CCCCC2C(=O)O)cc1. The van der Waals surface area contributed by atoms with Gasteiger partial charge in [-0.25, -0.2) is 0 Å². The van der Waals surface area contributed by atoms with Crippen LogP contribution in [0.4, 0.5) is 0 Å². The van der Waals surface area contributed by atoms with Crippen LogP contribution in [0.1, 0.15) is 36.4 Å². The molecule has 1 aliphatic heterocycles. The zero-order chi connectivity index (χ0) is 19.5. The smallest absolute Gasteiger partial charge is 0.320 e. The van der Waals surface area contributed by atoms with E-state index in [0.717, 1.165) is 24.9 Å². The second-order valence-corrected chi connectivity index (χ2v) is 8.21. The summed E-state index contributed by atoms with van der Waals surface area (Å²) in [6, 6.07) is 22.8. The Bertz CT molecular complexity index is 965. The van der Waals surface area contributed by atoms with Gasteiger partial charge in [-0.3, -0.25) is 9.69 Å². The number of piperidine rings is 1. The van der Waals surface area contributed by atoms with Gasteiger partial charge < -0.3 is 5.11 Å². The van der Waals surface area contributed by atoms with E-state index in [9.17, 15) is 9.90 Å². The molecule has 144 valence electrons. The maximum absolute atomic E-state index is 12.1. The normalized spacial score (nSPS) is 18.8. The molecule has 1 aliphatic rings. The van der Waals surface area contributed by atoms with Crippen LogP contribution in [0, 0.1) is 0 Å². The van der Waals surface area contributed by atoms with E-state index in [-0.39, 0.29) is 6.04 Å². The molecule has 0 aliphatic carbocycles. The number of fused-ring (bicyclic) bond motifs is 1. The van der Waals surface area contributed by atoms with Crippen molar-refractivity contribution in [2.45, 2.75) is 36.2 Å². The fraction of sp³-hybridized carbons (Fsp3) is 0.292. The van der Waals surface area contributed by atoms with Gasteiger partial charge in [-0.2, -0.15) is 0 Å². The molecule has 0 saturated carbocycles. The lowest BCUT2D eigenvalue weighted by atomic mass is 9.89. The zero-order valence-electron chi connectivity index (χ0n) is 16.0. The van der Waals surface area contributed by atoms with E-state index in [1.54, 1.807) is 11.8 Å². The van der Waals surface area contributed by atoms with Gasteiger partial charge in [0, 0.05) is 4.90 Å². The zero-order valence-corrected chi connectivity index (χ0v) is 16.9. The van der Waals surface area contributed by atoms with Crippen LogP contribution < -0.4 is 0 Å². The lowest BCUT2D eigenvalue weighted by Gasteiger charge is -2.40. The van der Waals surface area contributed by atoms with E-state index < -0.39 is 12.0 Å². The quantitative estimate of drug-likeness (QED) is 0.576. The number of hydrogen-bond acceptors (Lipinski definition) is 3. The highest BCUT2D eigenvalue weighted by atomic mass is 32.2. The van der Waals surface area contributed by atoms with Crippen molar-refractivity contribution in [3.8, 4) is 0 Å². The number of carboxylic acids is 1. The number of carbonyl (C=O) groups is 1. The van der Waals surface area contributed by atoms with Gasteiger partial charge >= 0.3 is 5.97 Å². The average Bonchev–Trinajstić information content (AvgIpc) is 2.75. The third kappa shape index (κ3) is 3.67. The van der Waals surface area contributed by atoms with E-state index in [2.05, 4.69) is 77.9 Å². The monoisotopic (exact) mass is 391 g/mol. The van der Waals surface area contributed by atoms with Crippen LogP contribution in [0.25, 0.3) is 10.8 Å². The molecule has 4 heteroatoms. The molecule has 1 saturated heterocycles. The van der Waals surface area contributed by atoms with Crippen molar-refractivity contribution in [3.05, 3.63) is 77.9 Å². The van der Waals surface area contributed by atoms with Gasteiger partial charge in [-0.05, 0) is 59.7 Å². The number of likely N-dealkylation sites (tertiary alicyclic amines) is 1. The summed E-state index contributed by atoms with van der Waals surface area (Å²) in [5.41, 5.74) is 2.34. The highest BCUT2D eigenvalue weighted by Gasteiger charge is 2.35. The summed E-state index contributed by atoms with van der Waals surface area (Å²) in [5.74, 6) is -0.717. The van der Waals surface area contributed by atoms with Gasteiger partial charge in [0.2, 0.25) is 0 Å². The second-order valence-electron chi connectivity index (χ2n) is 7.33. The summed E-state index contributed by atoms with van der Waals surface area (Å²) in [6.07, 6.45) is 4.79. The van der Waals surface area contributed by atoms with E-state index in [0.29, 0.717) is 6.42 Å². The molecule has 0 amide bonds. The lowest BCUT2D eigenvalue weighted by Crippen LogP contribution is -2.46. The molecular weight excluding hydrogens is 366 g/mol. The molecule has 3 nitrogen and oxygen atoms in total. The molecule has 0 radical (unpaired) electrons. The number of thioether (sulfide) groups is 1. The van der Waals surface area contributed by atoms with Crippen LogP contribution in [0.5, 0.6) is 0 Å². The first-order valence-electron chi connectivity index (χ1n) is 9.79. The Hall–Kier alpha value is -2.30. The summed E-state index contributed by atoms with van der Waals surface area (Å²) in [5, 5.41) is 12.3. The van der Waals surface area contributed by atoms with E-state index in [1.165, 1.54) is 21.2 Å². The standard InChI is InChI=1S/C24H25NO2S/c1-28-19-14-12-18(13-15-19)23(25-16-5-4-11-22(25)24(26)27)21-10-6-8-17-7-2-3-9-20(17)21/h2-3,6-10,12-15,22-23H,4-5,11,16H2,1H3,(H,26,27). The molecule has 2 unspecified atom stereocenters. The molecule has 1 fully saturated rings. The summed E-state index contributed by atoms with van der Waals surface area (Å²) in [4.78, 5) is 15.5. The Kier molecular flexibility index (Phi) is 5.69. The Balaban J connectivity index is 1.88. The molecular formula is C24H25NO2S. The maximum atomic E-state index is 12.1. The third-order valence-electron chi connectivity index (χ3n) is 5.71. The first kappa shape index (κ1) is 19.0. The second kappa shape index (κ2) is 8.38. The van der Waals surface area contributed by atoms with Crippen molar-refractivity contribution in [3.63, 3.8) is 0 Å². The minimum absolute atomic E-state index is 0.0663. The van der Waals surface area contributed by atoms with Gasteiger partial charge in [-0.15, -0.1) is 11.8 Å². The lowest BCUT2D eigenvalue weighted by molar-refractivity contribution is -0.145. The molecule has 0 aromatic heterocycles. The predicted octanol–water partition coefficient (Wildman–Crippen LogP) is 5.59. The van der Waals surface area contributed by atoms with E-state index in [4.69, 9.17) is 0 Å². The number of hydrogen-bond donors (Lipinski definition) is 1. The van der Waals surface area contributed by atoms with Gasteiger partial charge in [0.25, 0.3) is 0 Å². The molecule has 1 N–H and O–H groups in total. The minimum Gasteiger partial charge on any atom is -0.480 e. The van der Waals surface area contributed by atoms with E-state index in [1.807, 2.05) is 0 Å². The molecule has 3 aromatic rings. The van der Waals surface area contributed by atoms with Crippen molar-refractivity contribution in [2.24, 2.45) is 0 Å². The van der Waals surface area contributed by atoms with Crippen LogP contribution in [-0.4, -0.2) is 34.8 Å². The highest BCUT2D eigenvalue weighted by molar-refractivity contribution is 7.98. The topological polar surface area (TPSA) is 40.5 Å². The first-order valence-corrected chi connectivity index (χ1v) is 11.0. The Labute approximate surface area is 170 Å². The van der Waals surface area contributed by atoms with Crippen molar-refractivity contribution in [1.29, 1.82) is 0 Å². The summed E-state index contributed by atoms with van der Waals surface area (Å²) in [7, 11) is 0. The largest absolute Gasteiger partial charge is 0.480 e. The Morgan fingerprint density at radius 1 is 1.04 bits per heavy atom. The van der Waals surface area contributed by atoms with Crippen LogP contribution in [0.2, 0.25) is 0 Å². The van der Waals surface area contributed by atoms with Crippen molar-refractivity contribution < 1.29 is 9.90 Å². The number of carboxylic acid groups (broad SMARTS) is 1. The van der Waals surface area contributed by atoms with Gasteiger partial charge in [0.05, 0.1) is 6.04 Å². The fourth-order valence-electron chi connectivity index (χ4n) is 4.35. The summed E-state index contributed by atoms with van der Waals surface area (Å²) >= 11 is 1.72. The van der Waals surface area contributed by atoms with Crippen LogP contribution >= 0.6 is 11.8 Å². The number of nitrogens with zero attached hydrogens (tertiary/aromatic N) is 1. The van der Waals surface area contributed by atoms with E-state index >= 15 is 0 Å². The summed E-state index contributed by atoms with van der Waals surface area (Å²) < 4.78 is 0. The molecule has 28 heavy (non-hydrogen) atoms.